The fraction of sp³-hybridized carbons (Fsp3) is 0.625. The number of fused-ring (bicyclic) bond motifs is 1. The molecule has 2 aromatic rings. The Kier molecular flexibility index (Phi) is 3.85. The number of aromatic nitrogens is 3. The molecule has 0 aliphatic carbocycles. The monoisotopic (exact) mass is 287 g/mol. The molecule has 3 heterocycles. The number of hydrogen-bond donors (Lipinski definition) is 1. The van der Waals surface area contributed by atoms with E-state index < -0.39 is 0 Å². The van der Waals surface area contributed by atoms with E-state index in [1.165, 1.54) is 25.9 Å². The van der Waals surface area contributed by atoms with Crippen LogP contribution in [0, 0.1) is 6.92 Å². The quantitative estimate of drug-likeness (QED) is 0.942. The van der Waals surface area contributed by atoms with Gasteiger partial charge in [0.15, 0.2) is 5.65 Å². The Bertz CT molecular complexity index is 623. The molecule has 5 heteroatoms. The zero-order valence-corrected chi connectivity index (χ0v) is 13.4. The molecule has 0 spiro atoms. The molecule has 5 nitrogen and oxygen atoms in total. The smallest absolute Gasteiger partial charge is 0.157 e. The number of likely N-dealkylation sites (tertiary alicyclic amines) is 1. The maximum absolute atomic E-state index is 4.54. The van der Waals surface area contributed by atoms with Crippen molar-refractivity contribution in [1.29, 1.82) is 0 Å². The van der Waals surface area contributed by atoms with Crippen LogP contribution in [0.1, 0.15) is 32.4 Å². The molecule has 0 unspecified atom stereocenters. The van der Waals surface area contributed by atoms with Crippen molar-refractivity contribution in [3.8, 4) is 0 Å². The first kappa shape index (κ1) is 14.3. The van der Waals surface area contributed by atoms with E-state index in [9.17, 15) is 0 Å². The van der Waals surface area contributed by atoms with E-state index in [4.69, 9.17) is 0 Å². The van der Waals surface area contributed by atoms with E-state index in [0.29, 0.717) is 12.1 Å². The van der Waals surface area contributed by atoms with Gasteiger partial charge in [0.05, 0.1) is 17.6 Å². The molecule has 0 bridgehead atoms. The van der Waals surface area contributed by atoms with E-state index in [0.717, 1.165) is 22.4 Å². The minimum Gasteiger partial charge on any atom is -0.381 e. The van der Waals surface area contributed by atoms with Crippen molar-refractivity contribution in [3.05, 3.63) is 18.0 Å². The number of piperidine rings is 1. The number of aryl methyl sites for hydroxylation is 2. The lowest BCUT2D eigenvalue weighted by molar-refractivity contribution is 0.177. The lowest BCUT2D eigenvalue weighted by Gasteiger charge is -2.35. The molecule has 0 aromatic carbocycles. The molecule has 1 aliphatic rings. The van der Waals surface area contributed by atoms with E-state index in [1.54, 1.807) is 0 Å². The molecule has 1 fully saturated rings. The van der Waals surface area contributed by atoms with Gasteiger partial charge in [-0.3, -0.25) is 4.68 Å². The van der Waals surface area contributed by atoms with E-state index in [2.05, 4.69) is 40.2 Å². The van der Waals surface area contributed by atoms with Crippen molar-refractivity contribution in [2.24, 2.45) is 7.05 Å². The largest absolute Gasteiger partial charge is 0.381 e. The first-order valence-corrected chi connectivity index (χ1v) is 7.84. The van der Waals surface area contributed by atoms with Crippen molar-refractivity contribution in [1.82, 2.24) is 19.7 Å². The summed E-state index contributed by atoms with van der Waals surface area (Å²) in [7, 11) is 1.94. The van der Waals surface area contributed by atoms with Gasteiger partial charge in [-0.1, -0.05) is 0 Å². The molecular weight excluding hydrogens is 262 g/mol. The Balaban J connectivity index is 1.70. The third-order valence-electron chi connectivity index (χ3n) is 4.49. The lowest BCUT2D eigenvalue weighted by atomic mass is 10.0. The Morgan fingerprint density at radius 3 is 2.67 bits per heavy atom. The summed E-state index contributed by atoms with van der Waals surface area (Å²) in [5.41, 5.74) is 3.10. The van der Waals surface area contributed by atoms with Gasteiger partial charge in [0.2, 0.25) is 0 Å². The summed E-state index contributed by atoms with van der Waals surface area (Å²) in [4.78, 5) is 7.08. The second-order valence-electron chi connectivity index (χ2n) is 6.35. The van der Waals surface area contributed by atoms with Gasteiger partial charge in [0.25, 0.3) is 0 Å². The van der Waals surface area contributed by atoms with Crippen LogP contribution in [0.5, 0.6) is 0 Å². The van der Waals surface area contributed by atoms with Crippen LogP contribution in [0.3, 0.4) is 0 Å². The van der Waals surface area contributed by atoms with E-state index in [1.807, 2.05) is 24.9 Å². The zero-order valence-electron chi connectivity index (χ0n) is 13.4. The Morgan fingerprint density at radius 1 is 1.29 bits per heavy atom. The Hall–Kier alpha value is -1.62. The standard InChI is InChI=1S/C16H25N5/c1-11(2)21-7-5-13(6-8-21)18-14-9-15-12(3)19-20(4)16(15)17-10-14/h9-11,13,18H,5-8H2,1-4H3. The summed E-state index contributed by atoms with van der Waals surface area (Å²) in [5.74, 6) is 0. The van der Waals surface area contributed by atoms with Crippen LogP contribution in [-0.4, -0.2) is 44.8 Å². The summed E-state index contributed by atoms with van der Waals surface area (Å²) < 4.78 is 1.84. The van der Waals surface area contributed by atoms with Gasteiger partial charge in [-0.25, -0.2) is 4.98 Å². The minimum atomic E-state index is 0.552. The van der Waals surface area contributed by atoms with Crippen LogP contribution in [-0.2, 0) is 7.05 Å². The van der Waals surface area contributed by atoms with Crippen molar-refractivity contribution in [3.63, 3.8) is 0 Å². The molecule has 21 heavy (non-hydrogen) atoms. The molecular formula is C16H25N5. The normalized spacial score (nSPS) is 17.8. The van der Waals surface area contributed by atoms with Crippen molar-refractivity contribution in [2.75, 3.05) is 18.4 Å². The van der Waals surface area contributed by atoms with Crippen LogP contribution >= 0.6 is 0 Å². The molecule has 1 saturated heterocycles. The zero-order chi connectivity index (χ0) is 15.0. The van der Waals surface area contributed by atoms with Gasteiger partial charge in [-0.15, -0.1) is 0 Å². The highest BCUT2D eigenvalue weighted by Crippen LogP contribution is 2.22. The summed E-state index contributed by atoms with van der Waals surface area (Å²) in [6.07, 6.45) is 4.32. The Morgan fingerprint density at radius 2 is 2.00 bits per heavy atom. The first-order chi connectivity index (χ1) is 10.0. The summed E-state index contributed by atoms with van der Waals surface area (Å²) in [6.45, 7) is 8.94. The van der Waals surface area contributed by atoms with Gasteiger partial charge in [-0.2, -0.15) is 5.10 Å². The van der Waals surface area contributed by atoms with Crippen molar-refractivity contribution in [2.45, 2.75) is 45.7 Å². The molecule has 0 radical (unpaired) electrons. The van der Waals surface area contributed by atoms with Gasteiger partial charge < -0.3 is 10.2 Å². The van der Waals surface area contributed by atoms with Crippen LogP contribution in [0.25, 0.3) is 11.0 Å². The SMILES string of the molecule is Cc1nn(C)c2ncc(NC3CCN(C(C)C)CC3)cc12. The molecule has 0 atom stereocenters. The number of pyridine rings is 1. The molecule has 2 aromatic heterocycles. The maximum Gasteiger partial charge on any atom is 0.157 e. The molecule has 3 rings (SSSR count). The van der Waals surface area contributed by atoms with E-state index >= 15 is 0 Å². The first-order valence-electron chi connectivity index (χ1n) is 7.84. The Labute approximate surface area is 126 Å². The third kappa shape index (κ3) is 2.88. The van der Waals surface area contributed by atoms with Gasteiger partial charge in [-0.05, 0) is 39.7 Å². The average molecular weight is 287 g/mol. The fourth-order valence-electron chi connectivity index (χ4n) is 3.18. The van der Waals surface area contributed by atoms with Crippen LogP contribution in [0.15, 0.2) is 12.3 Å². The van der Waals surface area contributed by atoms with Gasteiger partial charge in [0, 0.05) is 37.6 Å². The van der Waals surface area contributed by atoms with E-state index in [-0.39, 0.29) is 0 Å². The van der Waals surface area contributed by atoms with Gasteiger partial charge >= 0.3 is 0 Å². The van der Waals surface area contributed by atoms with Crippen LogP contribution < -0.4 is 5.32 Å². The fourth-order valence-corrected chi connectivity index (χ4v) is 3.18. The topological polar surface area (TPSA) is 46.0 Å². The van der Waals surface area contributed by atoms with Crippen molar-refractivity contribution < 1.29 is 0 Å². The molecule has 1 aliphatic heterocycles. The van der Waals surface area contributed by atoms with Gasteiger partial charge in [0.1, 0.15) is 0 Å². The number of hydrogen-bond acceptors (Lipinski definition) is 4. The number of rotatable bonds is 3. The van der Waals surface area contributed by atoms with Crippen LogP contribution in [0.2, 0.25) is 0 Å². The predicted octanol–water partition coefficient (Wildman–Crippen LogP) is 2.56. The molecule has 114 valence electrons. The lowest BCUT2D eigenvalue weighted by Crippen LogP contribution is -2.42. The van der Waals surface area contributed by atoms with Crippen LogP contribution in [0.4, 0.5) is 5.69 Å². The predicted molar refractivity (Wildman–Crippen MR) is 86.6 cm³/mol. The number of anilines is 1. The summed E-state index contributed by atoms with van der Waals surface area (Å²) in [5, 5.41) is 9.21. The molecule has 0 saturated carbocycles. The second kappa shape index (κ2) is 5.64. The number of nitrogens with zero attached hydrogens (tertiary/aromatic N) is 4. The summed E-state index contributed by atoms with van der Waals surface area (Å²) >= 11 is 0. The second-order valence-corrected chi connectivity index (χ2v) is 6.35. The molecule has 1 N–H and O–H groups in total. The summed E-state index contributed by atoms with van der Waals surface area (Å²) in [6, 6.07) is 3.39. The maximum atomic E-state index is 4.54. The highest BCUT2D eigenvalue weighted by molar-refractivity contribution is 5.81. The molecule has 0 amide bonds. The average Bonchev–Trinajstić information content (AvgIpc) is 2.74. The third-order valence-corrected chi connectivity index (χ3v) is 4.49. The highest BCUT2D eigenvalue weighted by atomic mass is 15.3. The highest BCUT2D eigenvalue weighted by Gasteiger charge is 2.20. The van der Waals surface area contributed by atoms with Crippen molar-refractivity contribution >= 4 is 16.7 Å². The minimum absolute atomic E-state index is 0.552. The number of nitrogens with one attached hydrogen (secondary N) is 1.